The van der Waals surface area contributed by atoms with Gasteiger partial charge in [-0.25, -0.2) is 0 Å². The Hall–Kier alpha value is -2.44. The van der Waals surface area contributed by atoms with Crippen molar-refractivity contribution in [3.05, 3.63) is 52.5 Å². The van der Waals surface area contributed by atoms with Crippen LogP contribution in [0.4, 0.5) is 5.69 Å². The molecule has 2 aliphatic heterocycles. The molecule has 0 aromatic heterocycles. The van der Waals surface area contributed by atoms with E-state index in [1.807, 2.05) is 35.2 Å². The Kier molecular flexibility index (Phi) is 8.22. The molecule has 2 aromatic rings. The summed E-state index contributed by atoms with van der Waals surface area (Å²) in [7, 11) is 0. The van der Waals surface area contributed by atoms with Crippen molar-refractivity contribution in [2.45, 2.75) is 46.2 Å². The van der Waals surface area contributed by atoms with Crippen LogP contribution in [0.25, 0.3) is 0 Å². The highest BCUT2D eigenvalue weighted by atomic mass is 35.5. The molecule has 0 aliphatic carbocycles. The van der Waals surface area contributed by atoms with Crippen molar-refractivity contribution >= 4 is 23.2 Å². The van der Waals surface area contributed by atoms with E-state index in [4.69, 9.17) is 26.8 Å². The number of halogens is 1. The van der Waals surface area contributed by atoms with Crippen LogP contribution >= 0.6 is 11.6 Å². The first-order valence-electron chi connectivity index (χ1n) is 12.3. The monoisotopic (exact) mass is 485 g/mol. The van der Waals surface area contributed by atoms with Gasteiger partial charge in [-0.1, -0.05) is 43.6 Å². The molecule has 0 saturated carbocycles. The number of amides is 1. The summed E-state index contributed by atoms with van der Waals surface area (Å²) in [5, 5.41) is 0.538. The number of nitrogens with zero attached hydrogens (tertiary/aromatic N) is 2. The fraction of sp³-hybridized carbons (Fsp3) is 0.519. The topological polar surface area (TPSA) is 68.0 Å². The molecular weight excluding hydrogens is 450 g/mol. The lowest BCUT2D eigenvalue weighted by Crippen LogP contribution is -2.45. The number of carbonyl (C=O) groups is 1. The normalized spacial score (nSPS) is 18.5. The predicted molar refractivity (Wildman–Crippen MR) is 136 cm³/mol. The third kappa shape index (κ3) is 6.16. The molecule has 1 saturated heterocycles. The third-order valence-electron chi connectivity index (χ3n) is 6.44. The zero-order valence-electron chi connectivity index (χ0n) is 20.3. The number of ether oxygens (including phenoxy) is 2. The molecule has 1 amide bonds. The molecule has 2 N–H and O–H groups in total. The van der Waals surface area contributed by atoms with Crippen LogP contribution in [0.2, 0.25) is 5.02 Å². The van der Waals surface area contributed by atoms with Gasteiger partial charge in [0.1, 0.15) is 0 Å². The first kappa shape index (κ1) is 24.7. The Morgan fingerprint density at radius 1 is 1.21 bits per heavy atom. The highest BCUT2D eigenvalue weighted by Gasteiger charge is 2.30. The molecule has 184 valence electrons. The average molecular weight is 486 g/mol. The number of benzene rings is 2. The van der Waals surface area contributed by atoms with Crippen LogP contribution in [0.5, 0.6) is 11.5 Å². The number of carbonyl (C=O) groups excluding carboxylic acids is 1. The van der Waals surface area contributed by atoms with Crippen LogP contribution in [0.1, 0.15) is 44.2 Å². The minimum absolute atomic E-state index is 0.0201. The number of piperidine rings is 1. The lowest BCUT2D eigenvalue weighted by molar-refractivity contribution is -0.138. The molecule has 1 atom stereocenters. The Morgan fingerprint density at radius 2 is 2.00 bits per heavy atom. The molecule has 2 heterocycles. The fourth-order valence-corrected chi connectivity index (χ4v) is 5.13. The number of nitrogen functional groups attached to an aromatic ring is 1. The molecule has 2 aliphatic rings. The largest absolute Gasteiger partial charge is 0.489 e. The number of hydrogen-bond acceptors (Lipinski definition) is 5. The molecule has 6 nitrogen and oxygen atoms in total. The molecule has 2 aromatic carbocycles. The van der Waals surface area contributed by atoms with Crippen LogP contribution in [0.15, 0.2) is 36.4 Å². The number of rotatable bonds is 7. The average Bonchev–Trinajstić information content (AvgIpc) is 3.06. The highest BCUT2D eigenvalue weighted by molar-refractivity contribution is 6.32. The van der Waals surface area contributed by atoms with E-state index < -0.39 is 0 Å². The van der Waals surface area contributed by atoms with Gasteiger partial charge in [-0.3, -0.25) is 9.69 Å². The van der Waals surface area contributed by atoms with Crippen LogP contribution in [-0.2, 0) is 17.9 Å². The molecule has 4 rings (SSSR count). The maximum atomic E-state index is 13.7. The molecule has 0 unspecified atom stereocenters. The maximum absolute atomic E-state index is 13.7. The molecule has 0 bridgehead atoms. The minimum Gasteiger partial charge on any atom is -0.489 e. The number of anilines is 1. The Balaban J connectivity index is 1.47. The highest BCUT2D eigenvalue weighted by Crippen LogP contribution is 2.38. The summed E-state index contributed by atoms with van der Waals surface area (Å²) < 4.78 is 11.6. The number of para-hydroxylation sites is 1. The zero-order chi connectivity index (χ0) is 24.1. The van der Waals surface area contributed by atoms with E-state index in [0.29, 0.717) is 48.7 Å². The summed E-state index contributed by atoms with van der Waals surface area (Å²) in [4.78, 5) is 18.1. The van der Waals surface area contributed by atoms with E-state index >= 15 is 0 Å². The number of fused-ring (bicyclic) bond motifs is 1. The number of hydrogen-bond donors (Lipinski definition) is 1. The summed E-state index contributed by atoms with van der Waals surface area (Å²) in [6.45, 7) is 9.21. The lowest BCUT2D eigenvalue weighted by atomic mass is 9.95. The Labute approximate surface area is 208 Å². The summed E-state index contributed by atoms with van der Waals surface area (Å²) in [6.07, 6.45) is 2.75. The van der Waals surface area contributed by atoms with E-state index in [9.17, 15) is 4.79 Å². The maximum Gasteiger partial charge on any atom is 0.227 e. The first-order valence-corrected chi connectivity index (χ1v) is 12.7. The summed E-state index contributed by atoms with van der Waals surface area (Å²) in [5.41, 5.74) is 9.06. The second kappa shape index (κ2) is 11.3. The van der Waals surface area contributed by atoms with Crippen molar-refractivity contribution in [2.75, 3.05) is 38.6 Å². The second-order valence-electron chi connectivity index (χ2n) is 9.84. The third-order valence-corrected chi connectivity index (χ3v) is 6.72. The number of likely N-dealkylation sites (tertiary alicyclic amines) is 1. The van der Waals surface area contributed by atoms with Gasteiger partial charge in [-0.2, -0.15) is 0 Å². The van der Waals surface area contributed by atoms with Crippen molar-refractivity contribution in [3.8, 4) is 11.5 Å². The summed E-state index contributed by atoms with van der Waals surface area (Å²) in [6, 6.07) is 11.9. The zero-order valence-corrected chi connectivity index (χ0v) is 21.0. The van der Waals surface area contributed by atoms with E-state index in [2.05, 4.69) is 24.8 Å². The minimum atomic E-state index is -0.0201. The van der Waals surface area contributed by atoms with Crippen LogP contribution in [0.3, 0.4) is 0 Å². The smallest absolute Gasteiger partial charge is 0.227 e. The Bertz CT molecular complexity index is 997. The van der Waals surface area contributed by atoms with E-state index in [1.54, 1.807) is 0 Å². The molecule has 34 heavy (non-hydrogen) atoms. The summed E-state index contributed by atoms with van der Waals surface area (Å²) >= 11 is 6.52. The lowest BCUT2D eigenvalue weighted by Gasteiger charge is -2.36. The van der Waals surface area contributed by atoms with Crippen LogP contribution in [0, 0.1) is 11.8 Å². The van der Waals surface area contributed by atoms with Gasteiger partial charge in [0.25, 0.3) is 0 Å². The second-order valence-corrected chi connectivity index (χ2v) is 10.2. The van der Waals surface area contributed by atoms with Crippen LogP contribution < -0.4 is 15.2 Å². The van der Waals surface area contributed by atoms with Crippen molar-refractivity contribution in [1.29, 1.82) is 0 Å². The summed E-state index contributed by atoms with van der Waals surface area (Å²) in [5.74, 6) is 1.83. The predicted octanol–water partition coefficient (Wildman–Crippen LogP) is 4.98. The molecule has 0 spiro atoms. The molecule has 0 radical (unpaired) electrons. The fourth-order valence-electron chi connectivity index (χ4n) is 4.85. The SMILES string of the molecule is CC(C)CN(Cc1cc(Cl)c2c(c1)OCCCO2)C(=O)[C@@H]1CCCN(Cc2ccccc2N)C1. The van der Waals surface area contributed by atoms with E-state index in [1.165, 1.54) is 0 Å². The van der Waals surface area contributed by atoms with E-state index in [-0.39, 0.29) is 11.8 Å². The van der Waals surface area contributed by atoms with Gasteiger partial charge in [0.05, 0.1) is 24.2 Å². The van der Waals surface area contributed by atoms with Crippen molar-refractivity contribution in [3.63, 3.8) is 0 Å². The van der Waals surface area contributed by atoms with Gasteiger partial charge in [0, 0.05) is 38.3 Å². The molecule has 1 fully saturated rings. The van der Waals surface area contributed by atoms with Gasteiger partial charge in [-0.15, -0.1) is 0 Å². The first-order chi connectivity index (χ1) is 16.4. The van der Waals surface area contributed by atoms with Crippen molar-refractivity contribution in [2.24, 2.45) is 11.8 Å². The van der Waals surface area contributed by atoms with Gasteiger partial charge in [0.2, 0.25) is 5.91 Å². The number of nitrogens with two attached hydrogens (primary N) is 1. The quantitative estimate of drug-likeness (QED) is 0.560. The van der Waals surface area contributed by atoms with Gasteiger partial charge >= 0.3 is 0 Å². The van der Waals surface area contributed by atoms with Crippen LogP contribution in [-0.4, -0.2) is 48.6 Å². The molecule has 7 heteroatoms. The van der Waals surface area contributed by atoms with Gasteiger partial charge in [0.15, 0.2) is 11.5 Å². The standard InChI is InChI=1S/C27H36ClN3O3/c1-19(2)15-31(16-20-13-23(28)26-25(14-20)33-11-6-12-34-26)27(32)22-8-5-10-30(18-22)17-21-7-3-4-9-24(21)29/h3-4,7,9,13-14,19,22H,5-6,8,10-12,15-18,29H2,1-2H3/t22-/m1/s1. The van der Waals surface area contributed by atoms with Gasteiger partial charge in [-0.05, 0) is 54.6 Å². The van der Waals surface area contributed by atoms with E-state index in [0.717, 1.165) is 55.7 Å². The Morgan fingerprint density at radius 3 is 2.79 bits per heavy atom. The molecular formula is C27H36ClN3O3. The van der Waals surface area contributed by atoms with Crippen molar-refractivity contribution < 1.29 is 14.3 Å². The van der Waals surface area contributed by atoms with Gasteiger partial charge < -0.3 is 20.1 Å². The van der Waals surface area contributed by atoms with Crippen molar-refractivity contribution in [1.82, 2.24) is 9.80 Å².